The highest BCUT2D eigenvalue weighted by Crippen LogP contribution is 2.25. The minimum Gasteiger partial charge on any atom is -0.488 e. The minimum atomic E-state index is -0.416. The third-order valence-corrected chi connectivity index (χ3v) is 4.46. The zero-order chi connectivity index (χ0) is 16.2. The molecule has 0 spiro atoms. The maximum Gasteiger partial charge on any atom is 0.189 e. The molecular formula is C15H20FN5OS. The SMILES string of the molecule is CCN1CCN(C(=S)N/N=C2/CCOc3c(F)ccnc32)CC1. The molecule has 3 rings (SSSR count). The van der Waals surface area contributed by atoms with E-state index in [1.165, 1.54) is 12.3 Å². The Morgan fingerprint density at radius 3 is 2.96 bits per heavy atom. The number of hydrazone groups is 1. The fourth-order valence-electron chi connectivity index (χ4n) is 2.70. The van der Waals surface area contributed by atoms with Crippen LogP contribution in [0.4, 0.5) is 4.39 Å². The number of hydrogen-bond donors (Lipinski definition) is 1. The number of halogens is 1. The molecule has 0 bridgehead atoms. The van der Waals surface area contributed by atoms with Crippen molar-refractivity contribution in [1.29, 1.82) is 0 Å². The van der Waals surface area contributed by atoms with Gasteiger partial charge >= 0.3 is 0 Å². The summed E-state index contributed by atoms with van der Waals surface area (Å²) in [4.78, 5) is 8.66. The average Bonchev–Trinajstić information content (AvgIpc) is 2.60. The first-order chi connectivity index (χ1) is 11.2. The van der Waals surface area contributed by atoms with Crippen molar-refractivity contribution in [3.8, 4) is 5.75 Å². The lowest BCUT2D eigenvalue weighted by Crippen LogP contribution is -2.50. The van der Waals surface area contributed by atoms with Gasteiger partial charge in [-0.3, -0.25) is 10.4 Å². The van der Waals surface area contributed by atoms with Crippen molar-refractivity contribution >= 4 is 23.0 Å². The van der Waals surface area contributed by atoms with Crippen molar-refractivity contribution in [2.75, 3.05) is 39.3 Å². The number of hydrogen-bond acceptors (Lipinski definition) is 5. The number of nitrogens with zero attached hydrogens (tertiary/aromatic N) is 4. The van der Waals surface area contributed by atoms with E-state index in [1.807, 2.05) is 0 Å². The third-order valence-electron chi connectivity index (χ3n) is 4.11. The number of piperazine rings is 1. The molecule has 1 aromatic rings. The van der Waals surface area contributed by atoms with E-state index in [-0.39, 0.29) is 5.75 Å². The first-order valence-electron chi connectivity index (χ1n) is 7.80. The lowest BCUT2D eigenvalue weighted by molar-refractivity contribution is 0.189. The van der Waals surface area contributed by atoms with Crippen LogP contribution < -0.4 is 10.2 Å². The predicted octanol–water partition coefficient (Wildman–Crippen LogP) is 1.22. The van der Waals surface area contributed by atoms with Gasteiger partial charge < -0.3 is 14.5 Å². The maximum atomic E-state index is 13.7. The zero-order valence-electron chi connectivity index (χ0n) is 13.1. The van der Waals surface area contributed by atoms with E-state index in [9.17, 15) is 4.39 Å². The summed E-state index contributed by atoms with van der Waals surface area (Å²) >= 11 is 5.41. The van der Waals surface area contributed by atoms with Crippen LogP contribution in [0.1, 0.15) is 19.0 Å². The smallest absolute Gasteiger partial charge is 0.189 e. The van der Waals surface area contributed by atoms with Gasteiger partial charge in [-0.05, 0) is 24.8 Å². The Morgan fingerprint density at radius 1 is 1.43 bits per heavy atom. The van der Waals surface area contributed by atoms with Gasteiger partial charge in [0.2, 0.25) is 0 Å². The van der Waals surface area contributed by atoms with Crippen LogP contribution in [-0.4, -0.2) is 64.9 Å². The molecular weight excluding hydrogens is 317 g/mol. The summed E-state index contributed by atoms with van der Waals surface area (Å²) < 4.78 is 19.1. The Bertz CT molecular complexity index is 616. The molecule has 2 aliphatic rings. The summed E-state index contributed by atoms with van der Waals surface area (Å²) in [5.74, 6) is -0.248. The number of ether oxygens (including phenoxy) is 1. The van der Waals surface area contributed by atoms with E-state index < -0.39 is 5.82 Å². The highest BCUT2D eigenvalue weighted by molar-refractivity contribution is 7.80. The fraction of sp³-hybridized carbons (Fsp3) is 0.533. The number of thiocarbonyl (C=S) groups is 1. The number of rotatable bonds is 2. The Kier molecular flexibility index (Phi) is 5.02. The van der Waals surface area contributed by atoms with E-state index in [0.29, 0.717) is 29.5 Å². The van der Waals surface area contributed by atoms with Gasteiger partial charge in [0.15, 0.2) is 16.7 Å². The molecule has 1 saturated heterocycles. The van der Waals surface area contributed by atoms with E-state index in [0.717, 1.165) is 32.7 Å². The molecule has 0 atom stereocenters. The molecule has 124 valence electrons. The molecule has 3 heterocycles. The molecule has 1 aromatic heterocycles. The van der Waals surface area contributed by atoms with Crippen molar-refractivity contribution in [1.82, 2.24) is 20.2 Å². The molecule has 0 aliphatic carbocycles. The van der Waals surface area contributed by atoms with Crippen LogP contribution in [0, 0.1) is 5.82 Å². The average molecular weight is 337 g/mol. The number of aromatic nitrogens is 1. The van der Waals surface area contributed by atoms with Crippen LogP contribution in [0.2, 0.25) is 0 Å². The lowest BCUT2D eigenvalue weighted by Gasteiger charge is -2.35. The summed E-state index contributed by atoms with van der Waals surface area (Å²) in [6.45, 7) is 7.38. The van der Waals surface area contributed by atoms with Crippen molar-refractivity contribution in [2.24, 2.45) is 5.10 Å². The molecule has 0 saturated carbocycles. The molecule has 0 amide bonds. The molecule has 0 aromatic carbocycles. The number of likely N-dealkylation sites (N-methyl/N-ethyl adjacent to an activating group) is 1. The summed E-state index contributed by atoms with van der Waals surface area (Å²) in [6, 6.07) is 1.28. The quantitative estimate of drug-likeness (QED) is 0.647. The molecule has 23 heavy (non-hydrogen) atoms. The van der Waals surface area contributed by atoms with Crippen LogP contribution in [0.3, 0.4) is 0 Å². The Morgan fingerprint density at radius 2 is 2.22 bits per heavy atom. The molecule has 8 heteroatoms. The maximum absolute atomic E-state index is 13.7. The molecule has 1 N–H and O–H groups in total. The van der Waals surface area contributed by atoms with Gasteiger partial charge in [0.25, 0.3) is 0 Å². The van der Waals surface area contributed by atoms with Gasteiger partial charge in [0.05, 0.1) is 12.3 Å². The predicted molar refractivity (Wildman–Crippen MR) is 90.3 cm³/mol. The van der Waals surface area contributed by atoms with Crippen LogP contribution in [0.25, 0.3) is 0 Å². The van der Waals surface area contributed by atoms with Gasteiger partial charge in [-0.25, -0.2) is 4.39 Å². The normalized spacial score (nSPS) is 20.1. The van der Waals surface area contributed by atoms with Gasteiger partial charge in [0.1, 0.15) is 5.69 Å². The zero-order valence-corrected chi connectivity index (χ0v) is 13.9. The monoisotopic (exact) mass is 337 g/mol. The van der Waals surface area contributed by atoms with Crippen molar-refractivity contribution < 1.29 is 9.13 Å². The Hall–Kier alpha value is -1.80. The number of pyridine rings is 1. The Labute approximate surface area is 140 Å². The first kappa shape index (κ1) is 16.1. The van der Waals surface area contributed by atoms with E-state index in [2.05, 4.69) is 32.2 Å². The standard InChI is InChI=1S/C15H20FN5OS/c1-2-20-6-8-21(9-7-20)15(23)19-18-12-4-10-22-14-11(16)3-5-17-13(12)14/h3,5H,2,4,6-10H2,1H3,(H,19,23)/b18-12-. The Balaban J connectivity index is 1.65. The molecule has 0 unspecified atom stereocenters. The molecule has 2 aliphatic heterocycles. The number of fused-ring (bicyclic) bond motifs is 1. The summed E-state index contributed by atoms with van der Waals surface area (Å²) in [5, 5.41) is 4.94. The second-order valence-corrected chi connectivity index (χ2v) is 5.85. The van der Waals surface area contributed by atoms with Crippen molar-refractivity contribution in [2.45, 2.75) is 13.3 Å². The second kappa shape index (κ2) is 7.18. The molecule has 1 fully saturated rings. The fourth-order valence-corrected chi connectivity index (χ4v) is 2.93. The van der Waals surface area contributed by atoms with E-state index in [4.69, 9.17) is 17.0 Å². The van der Waals surface area contributed by atoms with Gasteiger partial charge in [-0.15, -0.1) is 0 Å². The third kappa shape index (κ3) is 3.59. The van der Waals surface area contributed by atoms with E-state index in [1.54, 1.807) is 0 Å². The molecule has 6 nitrogen and oxygen atoms in total. The second-order valence-electron chi connectivity index (χ2n) is 5.47. The van der Waals surface area contributed by atoms with Crippen LogP contribution >= 0.6 is 12.2 Å². The first-order valence-corrected chi connectivity index (χ1v) is 8.21. The number of nitrogens with one attached hydrogen (secondary N) is 1. The van der Waals surface area contributed by atoms with Gasteiger partial charge in [-0.1, -0.05) is 6.92 Å². The van der Waals surface area contributed by atoms with Crippen LogP contribution in [-0.2, 0) is 0 Å². The summed E-state index contributed by atoms with van der Waals surface area (Å²) in [7, 11) is 0. The lowest BCUT2D eigenvalue weighted by atomic mass is 10.1. The largest absolute Gasteiger partial charge is 0.488 e. The highest BCUT2D eigenvalue weighted by Gasteiger charge is 2.22. The summed E-state index contributed by atoms with van der Waals surface area (Å²) in [5.41, 5.74) is 4.04. The van der Waals surface area contributed by atoms with Gasteiger partial charge in [0, 0.05) is 38.8 Å². The minimum absolute atomic E-state index is 0.168. The van der Waals surface area contributed by atoms with Crippen molar-refractivity contribution in [3.05, 3.63) is 23.8 Å². The van der Waals surface area contributed by atoms with Gasteiger partial charge in [-0.2, -0.15) is 5.10 Å². The van der Waals surface area contributed by atoms with Crippen molar-refractivity contribution in [3.63, 3.8) is 0 Å². The highest BCUT2D eigenvalue weighted by atomic mass is 32.1. The topological polar surface area (TPSA) is 53.0 Å². The molecule has 0 radical (unpaired) electrons. The van der Waals surface area contributed by atoms with E-state index >= 15 is 0 Å². The van der Waals surface area contributed by atoms with Crippen LogP contribution in [0.5, 0.6) is 5.75 Å². The van der Waals surface area contributed by atoms with Crippen LogP contribution in [0.15, 0.2) is 17.4 Å². The summed E-state index contributed by atoms with van der Waals surface area (Å²) in [6.07, 6.45) is 1.99.